The second-order valence-corrected chi connectivity index (χ2v) is 7.16. The number of hydrogen-bond donors (Lipinski definition) is 1. The Labute approximate surface area is 149 Å². The number of nitrogens with two attached hydrogens (primary N) is 1. The first-order valence-corrected chi connectivity index (χ1v) is 8.94. The monoisotopic (exact) mass is 338 g/mol. The molecule has 0 aliphatic carbocycles. The minimum atomic E-state index is -0.189. The first-order valence-electron chi connectivity index (χ1n) is 8.94. The highest BCUT2D eigenvalue weighted by molar-refractivity contribution is 5.77. The van der Waals surface area contributed by atoms with Gasteiger partial charge in [0.25, 0.3) is 0 Å². The van der Waals surface area contributed by atoms with Crippen molar-refractivity contribution in [2.75, 3.05) is 18.0 Å². The van der Waals surface area contributed by atoms with Crippen LogP contribution in [0.15, 0.2) is 30.3 Å². The number of primary amides is 1. The number of piperidine rings is 1. The molecular weight excluding hydrogens is 312 g/mol. The predicted octanol–water partition coefficient (Wildman–Crippen LogP) is 3.28. The molecule has 0 atom stereocenters. The molecule has 0 unspecified atom stereocenters. The molecule has 2 aromatic rings. The molecule has 1 aromatic heterocycles. The average Bonchev–Trinajstić information content (AvgIpc) is 2.62. The van der Waals surface area contributed by atoms with Crippen molar-refractivity contribution in [3.05, 3.63) is 41.6 Å². The molecule has 2 heterocycles. The van der Waals surface area contributed by atoms with Crippen LogP contribution in [0.4, 0.5) is 5.82 Å². The highest BCUT2D eigenvalue weighted by atomic mass is 16.1. The van der Waals surface area contributed by atoms with E-state index < -0.39 is 0 Å². The first-order chi connectivity index (χ1) is 11.9. The number of carbonyl (C=O) groups excluding carboxylic acids is 1. The molecular formula is C20H26N4O. The van der Waals surface area contributed by atoms with Crippen LogP contribution in [-0.2, 0) is 4.79 Å². The Morgan fingerprint density at radius 3 is 2.36 bits per heavy atom. The van der Waals surface area contributed by atoms with Gasteiger partial charge >= 0.3 is 0 Å². The summed E-state index contributed by atoms with van der Waals surface area (Å²) in [4.78, 5) is 23.2. The Bertz CT molecular complexity index is 747. The molecule has 1 saturated heterocycles. The molecule has 0 bridgehead atoms. The van der Waals surface area contributed by atoms with E-state index in [2.05, 4.69) is 56.0 Å². The van der Waals surface area contributed by atoms with Crippen LogP contribution in [0.5, 0.6) is 0 Å². The third kappa shape index (κ3) is 3.98. The third-order valence-electron chi connectivity index (χ3n) is 4.86. The molecule has 3 rings (SSSR count). The minimum absolute atomic E-state index is 0.0146. The van der Waals surface area contributed by atoms with Crippen LogP contribution in [0, 0.1) is 12.8 Å². The van der Waals surface area contributed by atoms with Crippen molar-refractivity contribution in [1.82, 2.24) is 9.97 Å². The fraction of sp³-hybridized carbons (Fsp3) is 0.450. The summed E-state index contributed by atoms with van der Waals surface area (Å²) in [6.45, 7) is 7.96. The van der Waals surface area contributed by atoms with Crippen LogP contribution in [0.25, 0.3) is 11.4 Å². The summed E-state index contributed by atoms with van der Waals surface area (Å²) >= 11 is 0. The Morgan fingerprint density at radius 1 is 1.16 bits per heavy atom. The van der Waals surface area contributed by atoms with Gasteiger partial charge in [0.15, 0.2) is 5.82 Å². The maximum Gasteiger partial charge on any atom is 0.220 e. The van der Waals surface area contributed by atoms with Gasteiger partial charge < -0.3 is 10.6 Å². The van der Waals surface area contributed by atoms with Gasteiger partial charge in [0, 0.05) is 36.3 Å². The van der Waals surface area contributed by atoms with Gasteiger partial charge in [0.2, 0.25) is 5.91 Å². The quantitative estimate of drug-likeness (QED) is 0.928. The molecule has 0 saturated carbocycles. The first kappa shape index (κ1) is 17.4. The van der Waals surface area contributed by atoms with E-state index in [0.717, 1.165) is 48.8 Å². The lowest BCUT2D eigenvalue weighted by molar-refractivity contribution is -0.122. The summed E-state index contributed by atoms with van der Waals surface area (Å²) in [5, 5.41) is 0. The van der Waals surface area contributed by atoms with Crippen LogP contribution in [-0.4, -0.2) is 29.0 Å². The molecule has 1 amide bonds. The summed E-state index contributed by atoms with van der Waals surface area (Å²) in [5.74, 6) is 1.83. The van der Waals surface area contributed by atoms with Crippen molar-refractivity contribution in [2.45, 2.75) is 39.5 Å². The van der Waals surface area contributed by atoms with Crippen LogP contribution < -0.4 is 10.6 Å². The fourth-order valence-corrected chi connectivity index (χ4v) is 3.14. The second kappa shape index (κ2) is 7.21. The Hall–Kier alpha value is -2.43. The van der Waals surface area contributed by atoms with E-state index in [-0.39, 0.29) is 11.8 Å². The number of amides is 1. The average molecular weight is 338 g/mol. The summed E-state index contributed by atoms with van der Waals surface area (Å²) in [5.41, 5.74) is 8.73. The van der Waals surface area contributed by atoms with Gasteiger partial charge in [-0.25, -0.2) is 9.97 Å². The molecule has 0 radical (unpaired) electrons. The van der Waals surface area contributed by atoms with Crippen LogP contribution in [0.2, 0.25) is 0 Å². The number of aryl methyl sites for hydroxylation is 1. The normalized spacial score (nSPS) is 15.6. The van der Waals surface area contributed by atoms with E-state index in [1.54, 1.807) is 0 Å². The molecule has 0 spiro atoms. The Morgan fingerprint density at radius 2 is 1.80 bits per heavy atom. The maximum absolute atomic E-state index is 11.4. The van der Waals surface area contributed by atoms with Crippen LogP contribution in [0.1, 0.15) is 43.9 Å². The third-order valence-corrected chi connectivity index (χ3v) is 4.86. The predicted molar refractivity (Wildman–Crippen MR) is 100 cm³/mol. The van der Waals surface area contributed by atoms with E-state index in [9.17, 15) is 4.79 Å². The van der Waals surface area contributed by atoms with Crippen molar-refractivity contribution in [2.24, 2.45) is 11.7 Å². The minimum Gasteiger partial charge on any atom is -0.369 e. The van der Waals surface area contributed by atoms with Gasteiger partial charge in [-0.05, 0) is 25.7 Å². The highest BCUT2D eigenvalue weighted by Crippen LogP contribution is 2.27. The standard InChI is InChI=1S/C20H26N4O/c1-13(2)17-12-18(24-10-8-15(9-11-24)19(21)25)23-20(22-17)16-6-4-14(3)5-7-16/h4-7,12-13,15H,8-11H2,1-3H3,(H2,21,25). The van der Waals surface area contributed by atoms with Gasteiger partial charge in [0.1, 0.15) is 5.82 Å². The maximum atomic E-state index is 11.4. The van der Waals surface area contributed by atoms with E-state index in [4.69, 9.17) is 15.7 Å². The van der Waals surface area contributed by atoms with Gasteiger partial charge in [-0.2, -0.15) is 0 Å². The topological polar surface area (TPSA) is 72.1 Å². The lowest BCUT2D eigenvalue weighted by Gasteiger charge is -2.32. The molecule has 132 valence electrons. The van der Waals surface area contributed by atoms with E-state index in [1.807, 2.05) is 0 Å². The molecule has 1 aliphatic heterocycles. The van der Waals surface area contributed by atoms with E-state index in [0.29, 0.717) is 5.92 Å². The van der Waals surface area contributed by atoms with Gasteiger partial charge in [-0.15, -0.1) is 0 Å². The zero-order chi connectivity index (χ0) is 18.0. The van der Waals surface area contributed by atoms with Crippen molar-refractivity contribution in [3.8, 4) is 11.4 Å². The van der Waals surface area contributed by atoms with Crippen molar-refractivity contribution >= 4 is 11.7 Å². The summed E-state index contributed by atoms with van der Waals surface area (Å²) in [6.07, 6.45) is 1.58. The lowest BCUT2D eigenvalue weighted by atomic mass is 9.96. The smallest absolute Gasteiger partial charge is 0.220 e. The second-order valence-electron chi connectivity index (χ2n) is 7.16. The van der Waals surface area contributed by atoms with Gasteiger partial charge in [-0.1, -0.05) is 43.7 Å². The largest absolute Gasteiger partial charge is 0.369 e. The Kier molecular flexibility index (Phi) is 5.02. The molecule has 1 fully saturated rings. The number of hydrogen-bond acceptors (Lipinski definition) is 4. The van der Waals surface area contributed by atoms with Crippen molar-refractivity contribution < 1.29 is 4.79 Å². The number of aromatic nitrogens is 2. The SMILES string of the molecule is Cc1ccc(-c2nc(C(C)C)cc(N3CCC(C(N)=O)CC3)n2)cc1. The van der Waals surface area contributed by atoms with Crippen molar-refractivity contribution in [3.63, 3.8) is 0 Å². The molecule has 5 nitrogen and oxygen atoms in total. The number of carbonyl (C=O) groups is 1. The molecule has 2 N–H and O–H groups in total. The molecule has 1 aromatic carbocycles. The highest BCUT2D eigenvalue weighted by Gasteiger charge is 2.24. The Balaban J connectivity index is 1.91. The zero-order valence-corrected chi connectivity index (χ0v) is 15.2. The number of rotatable bonds is 4. The molecule has 5 heteroatoms. The number of nitrogens with zero attached hydrogens (tertiary/aromatic N) is 3. The summed E-state index contributed by atoms with van der Waals surface area (Å²) in [6, 6.07) is 10.4. The molecule has 1 aliphatic rings. The number of benzene rings is 1. The fourth-order valence-electron chi connectivity index (χ4n) is 3.14. The van der Waals surface area contributed by atoms with E-state index in [1.165, 1.54) is 5.56 Å². The van der Waals surface area contributed by atoms with Crippen LogP contribution >= 0.6 is 0 Å². The van der Waals surface area contributed by atoms with Crippen LogP contribution in [0.3, 0.4) is 0 Å². The van der Waals surface area contributed by atoms with Crippen molar-refractivity contribution in [1.29, 1.82) is 0 Å². The van der Waals surface area contributed by atoms with E-state index >= 15 is 0 Å². The lowest BCUT2D eigenvalue weighted by Crippen LogP contribution is -2.39. The zero-order valence-electron chi connectivity index (χ0n) is 15.2. The van der Waals surface area contributed by atoms with Gasteiger partial charge in [0.05, 0.1) is 0 Å². The summed E-state index contributed by atoms with van der Waals surface area (Å²) in [7, 11) is 0. The summed E-state index contributed by atoms with van der Waals surface area (Å²) < 4.78 is 0. The number of anilines is 1. The molecule has 25 heavy (non-hydrogen) atoms. The van der Waals surface area contributed by atoms with Gasteiger partial charge in [-0.3, -0.25) is 4.79 Å².